The van der Waals surface area contributed by atoms with Gasteiger partial charge >= 0.3 is 0 Å². The average Bonchev–Trinajstić information content (AvgIpc) is 3.37. The van der Waals surface area contributed by atoms with Gasteiger partial charge in [0.2, 0.25) is 0 Å². The number of carbonyl (C=O) groups excluding carboxylic acids is 1. The molecule has 1 unspecified atom stereocenters. The van der Waals surface area contributed by atoms with Gasteiger partial charge in [0.1, 0.15) is 5.60 Å². The maximum Gasteiger partial charge on any atom is 0.196 e. The van der Waals surface area contributed by atoms with E-state index in [0.717, 1.165) is 31.5 Å². The van der Waals surface area contributed by atoms with E-state index >= 15 is 0 Å². The van der Waals surface area contributed by atoms with Crippen molar-refractivity contribution in [3.63, 3.8) is 0 Å². The first kappa shape index (κ1) is 15.0. The van der Waals surface area contributed by atoms with E-state index < -0.39 is 17.1 Å². The topological polar surface area (TPSA) is 59.0 Å². The van der Waals surface area contributed by atoms with Gasteiger partial charge in [-0.05, 0) is 43.0 Å². The highest BCUT2D eigenvalue weighted by Crippen LogP contribution is 2.63. The summed E-state index contributed by atoms with van der Waals surface area (Å²) >= 11 is 0. The van der Waals surface area contributed by atoms with Crippen LogP contribution in [0, 0.1) is 0 Å². The van der Waals surface area contributed by atoms with Crippen LogP contribution in [0.1, 0.15) is 24.0 Å². The van der Waals surface area contributed by atoms with Gasteiger partial charge in [-0.25, -0.2) is 0 Å². The molecule has 0 radical (unpaired) electrons. The number of methoxy groups -OCH3 is 1. The molecule has 26 heavy (non-hydrogen) atoms. The molecular weight excluding hydrogens is 330 g/mol. The molecular formula is C21H21NO4. The number of ether oxygens (including phenoxy) is 2. The third kappa shape index (κ3) is 1.53. The molecule has 6 rings (SSSR count). The fraction of sp³-hybridized carbons (Fsp3) is 0.476. The van der Waals surface area contributed by atoms with Gasteiger partial charge in [0.15, 0.2) is 23.4 Å². The van der Waals surface area contributed by atoms with Crippen molar-refractivity contribution in [3.8, 4) is 11.5 Å². The van der Waals surface area contributed by atoms with Gasteiger partial charge < -0.3 is 14.6 Å². The number of aliphatic hydroxyl groups is 1. The number of hydrogen-bond donors (Lipinski definition) is 1. The quantitative estimate of drug-likeness (QED) is 0.837. The minimum absolute atomic E-state index is 0.0416. The van der Waals surface area contributed by atoms with E-state index in [1.807, 2.05) is 6.07 Å². The summed E-state index contributed by atoms with van der Waals surface area (Å²) in [5.74, 6) is 1.24. The molecule has 1 fully saturated rings. The lowest BCUT2D eigenvalue weighted by molar-refractivity contribution is -0.153. The van der Waals surface area contributed by atoms with Crippen LogP contribution in [0.2, 0.25) is 0 Å². The zero-order valence-electron chi connectivity index (χ0n) is 14.7. The highest BCUT2D eigenvalue weighted by molar-refractivity contribution is 5.99. The number of nitrogens with zero attached hydrogens (tertiary/aromatic N) is 1. The Labute approximate surface area is 151 Å². The van der Waals surface area contributed by atoms with Crippen molar-refractivity contribution in [1.82, 2.24) is 4.90 Å². The number of hydrogen-bond acceptors (Lipinski definition) is 5. The van der Waals surface area contributed by atoms with Gasteiger partial charge in [0.25, 0.3) is 0 Å². The number of benzene rings is 1. The highest BCUT2D eigenvalue weighted by atomic mass is 16.5. The third-order valence-corrected chi connectivity index (χ3v) is 7.09. The van der Waals surface area contributed by atoms with E-state index in [-0.39, 0.29) is 11.8 Å². The Morgan fingerprint density at radius 1 is 1.42 bits per heavy atom. The smallest absolute Gasteiger partial charge is 0.196 e. The van der Waals surface area contributed by atoms with Crippen molar-refractivity contribution < 1.29 is 19.4 Å². The van der Waals surface area contributed by atoms with E-state index in [2.05, 4.69) is 17.0 Å². The standard InChI is InChI=1S/C21H21NO4/c1-25-15-5-4-13-10-16-21(24)7-6-14(23)19-20(21,17(13)18(15)26-19)8-9-22(16)11-12-2-3-12/h2,4-7,16,19,24H,3,8-11H2,1H3/t16-,19+,20+,21?/m1/s1. The minimum atomic E-state index is -1.09. The van der Waals surface area contributed by atoms with Crippen molar-refractivity contribution in [2.24, 2.45) is 0 Å². The zero-order valence-corrected chi connectivity index (χ0v) is 14.7. The van der Waals surface area contributed by atoms with E-state index in [4.69, 9.17) is 9.47 Å². The molecule has 1 aromatic carbocycles. The summed E-state index contributed by atoms with van der Waals surface area (Å²) in [5.41, 5.74) is 1.83. The molecule has 5 aliphatic rings. The first-order valence-corrected chi connectivity index (χ1v) is 9.33. The molecule has 134 valence electrons. The van der Waals surface area contributed by atoms with E-state index in [1.165, 1.54) is 17.2 Å². The number of allylic oxidation sites excluding steroid dienone is 1. The first-order chi connectivity index (χ1) is 12.6. The molecule has 1 saturated heterocycles. The fourth-order valence-electron chi connectivity index (χ4n) is 5.81. The van der Waals surface area contributed by atoms with Crippen LogP contribution in [0.4, 0.5) is 0 Å². The second-order valence-corrected chi connectivity index (χ2v) is 8.17. The van der Waals surface area contributed by atoms with E-state index in [9.17, 15) is 9.90 Å². The lowest BCUT2D eigenvalue weighted by Gasteiger charge is -2.60. The Morgan fingerprint density at radius 3 is 3.04 bits per heavy atom. The van der Waals surface area contributed by atoms with Crippen molar-refractivity contribution in [2.75, 3.05) is 20.2 Å². The molecule has 2 heterocycles. The molecule has 0 saturated carbocycles. The van der Waals surface area contributed by atoms with Crippen molar-refractivity contribution >= 4 is 5.78 Å². The zero-order chi connectivity index (χ0) is 17.7. The molecule has 1 aromatic rings. The van der Waals surface area contributed by atoms with Crippen LogP contribution in [-0.4, -0.2) is 53.7 Å². The predicted octanol–water partition coefficient (Wildman–Crippen LogP) is 1.52. The van der Waals surface area contributed by atoms with Gasteiger partial charge in [0, 0.05) is 24.7 Å². The molecule has 4 atom stereocenters. The lowest BCUT2D eigenvalue weighted by Crippen LogP contribution is -2.75. The van der Waals surface area contributed by atoms with Gasteiger partial charge in [-0.1, -0.05) is 17.7 Å². The molecule has 0 aromatic heterocycles. The Bertz CT molecular complexity index is 919. The van der Waals surface area contributed by atoms with E-state index in [0.29, 0.717) is 17.9 Å². The normalized spacial score (nSPS) is 38.5. The Kier molecular flexibility index (Phi) is 2.65. The van der Waals surface area contributed by atoms with Crippen LogP contribution < -0.4 is 9.47 Å². The van der Waals surface area contributed by atoms with Crippen LogP contribution in [-0.2, 0) is 16.6 Å². The van der Waals surface area contributed by atoms with Crippen molar-refractivity contribution in [1.29, 1.82) is 0 Å². The fourth-order valence-corrected chi connectivity index (χ4v) is 5.81. The number of ketones is 1. The summed E-state index contributed by atoms with van der Waals surface area (Å²) in [6.45, 7) is 1.77. The van der Waals surface area contributed by atoms with Crippen LogP contribution >= 0.6 is 0 Å². The van der Waals surface area contributed by atoms with Crippen molar-refractivity contribution in [2.45, 2.75) is 42.4 Å². The number of carbonyl (C=O) groups is 1. The van der Waals surface area contributed by atoms with Gasteiger partial charge in [0.05, 0.1) is 12.5 Å². The molecule has 2 bridgehead atoms. The monoisotopic (exact) mass is 351 g/mol. The summed E-state index contributed by atoms with van der Waals surface area (Å²) in [4.78, 5) is 15.1. The van der Waals surface area contributed by atoms with Crippen LogP contribution in [0.15, 0.2) is 35.9 Å². The summed E-state index contributed by atoms with van der Waals surface area (Å²) in [6.07, 6.45) is 7.42. The Hall–Kier alpha value is -2.11. The van der Waals surface area contributed by atoms with Crippen LogP contribution in [0.3, 0.4) is 0 Å². The summed E-state index contributed by atoms with van der Waals surface area (Å²) < 4.78 is 11.7. The molecule has 1 spiro atoms. The maximum absolute atomic E-state index is 12.7. The van der Waals surface area contributed by atoms with Crippen LogP contribution in [0.5, 0.6) is 11.5 Å². The molecule has 5 nitrogen and oxygen atoms in total. The largest absolute Gasteiger partial charge is 0.493 e. The second kappa shape index (κ2) is 4.59. The lowest BCUT2D eigenvalue weighted by atomic mass is 9.51. The number of piperidine rings is 1. The number of rotatable bonds is 3. The summed E-state index contributed by atoms with van der Waals surface area (Å²) in [6, 6.07) is 3.97. The highest BCUT2D eigenvalue weighted by Gasteiger charge is 2.72. The maximum atomic E-state index is 12.7. The van der Waals surface area contributed by atoms with Gasteiger partial charge in [-0.15, -0.1) is 0 Å². The van der Waals surface area contributed by atoms with Gasteiger partial charge in [-0.2, -0.15) is 0 Å². The average molecular weight is 351 g/mol. The summed E-state index contributed by atoms with van der Waals surface area (Å²) in [5, 5.41) is 12.0. The Balaban J connectivity index is 1.61. The molecule has 5 heteroatoms. The molecule has 0 amide bonds. The first-order valence-electron chi connectivity index (χ1n) is 9.33. The molecule has 2 aliphatic heterocycles. The SMILES string of the molecule is COc1ccc2c3c1O[C@H]1C(=O)C=CC4(O)[C@@H](C2)N(CC2=CC2)CC[C@]314. The second-order valence-electron chi connectivity index (χ2n) is 8.17. The van der Waals surface area contributed by atoms with Gasteiger partial charge in [-0.3, -0.25) is 9.69 Å². The van der Waals surface area contributed by atoms with Crippen molar-refractivity contribution in [3.05, 3.63) is 47.1 Å². The summed E-state index contributed by atoms with van der Waals surface area (Å²) in [7, 11) is 1.62. The third-order valence-electron chi connectivity index (χ3n) is 7.09. The predicted molar refractivity (Wildman–Crippen MR) is 94.6 cm³/mol. The Morgan fingerprint density at radius 2 is 2.27 bits per heavy atom. The van der Waals surface area contributed by atoms with E-state index in [1.54, 1.807) is 13.2 Å². The minimum Gasteiger partial charge on any atom is -0.493 e. The number of likely N-dealkylation sites (tertiary alicyclic amines) is 1. The van der Waals surface area contributed by atoms with Crippen LogP contribution in [0.25, 0.3) is 0 Å². The molecule has 1 N–H and O–H groups in total. The molecule has 3 aliphatic carbocycles.